The number of benzene rings is 1. The Morgan fingerprint density at radius 2 is 1.80 bits per heavy atom. The quantitative estimate of drug-likeness (QED) is 0.795. The number of likely N-dealkylation sites (tertiary alicyclic amines) is 1. The van der Waals surface area contributed by atoms with Crippen LogP contribution in [0.15, 0.2) is 24.3 Å². The summed E-state index contributed by atoms with van der Waals surface area (Å²) in [6.45, 7) is 12.3. The molecule has 0 spiro atoms. The van der Waals surface area contributed by atoms with Crippen LogP contribution in [0.3, 0.4) is 0 Å². The lowest BCUT2D eigenvalue weighted by Crippen LogP contribution is -2.48. The van der Waals surface area contributed by atoms with Crippen LogP contribution < -0.4 is 15.4 Å². The van der Waals surface area contributed by atoms with Gasteiger partial charge < -0.3 is 20.3 Å². The number of hydrogen-bond donors (Lipinski definition) is 2. The lowest BCUT2D eigenvalue weighted by Gasteiger charge is -2.33. The smallest absolute Gasteiger partial charge is 0.315 e. The van der Waals surface area contributed by atoms with Gasteiger partial charge in [0.2, 0.25) is 0 Å². The van der Waals surface area contributed by atoms with Gasteiger partial charge in [0.05, 0.1) is 6.10 Å². The molecule has 0 aromatic heterocycles. The summed E-state index contributed by atoms with van der Waals surface area (Å²) in [4.78, 5) is 14.6. The second-order valence-corrected chi connectivity index (χ2v) is 7.61. The lowest BCUT2D eigenvalue weighted by atomic mass is 10.0. The van der Waals surface area contributed by atoms with Gasteiger partial charge in [0.25, 0.3) is 0 Å². The minimum Gasteiger partial charge on any atom is -0.491 e. The van der Waals surface area contributed by atoms with E-state index in [0.717, 1.165) is 43.8 Å². The summed E-state index contributed by atoms with van der Waals surface area (Å²) < 4.78 is 5.62. The first-order valence-electron chi connectivity index (χ1n) is 9.44. The van der Waals surface area contributed by atoms with Gasteiger partial charge in [0.1, 0.15) is 5.75 Å². The predicted octanol–water partition coefficient (Wildman–Crippen LogP) is 3.39. The van der Waals surface area contributed by atoms with Crippen molar-refractivity contribution in [1.82, 2.24) is 15.5 Å². The first kappa shape index (κ1) is 19.6. The summed E-state index contributed by atoms with van der Waals surface area (Å²) in [6.07, 6.45) is 2.23. The van der Waals surface area contributed by atoms with Crippen molar-refractivity contribution in [2.75, 3.05) is 19.6 Å². The standard InChI is InChI=1S/C20H33N3O2/c1-15(2)14-23-11-9-18(10-12-23)22-20(24)21-13-17-5-7-19(8-6-17)25-16(3)4/h5-8,15-16,18H,9-14H2,1-4H3,(H2,21,22,24). The van der Waals surface area contributed by atoms with E-state index in [9.17, 15) is 4.79 Å². The summed E-state index contributed by atoms with van der Waals surface area (Å²) in [6, 6.07) is 8.07. The number of hydrogen-bond acceptors (Lipinski definition) is 3. The number of ether oxygens (including phenoxy) is 1. The van der Waals surface area contributed by atoms with Gasteiger partial charge in [-0.05, 0) is 50.3 Å². The molecule has 0 aliphatic carbocycles. The molecule has 1 aromatic rings. The molecule has 1 heterocycles. The molecule has 1 aromatic carbocycles. The molecule has 1 aliphatic heterocycles. The average molecular weight is 348 g/mol. The third-order valence-electron chi connectivity index (χ3n) is 4.29. The van der Waals surface area contributed by atoms with E-state index in [-0.39, 0.29) is 18.2 Å². The molecule has 1 aliphatic rings. The summed E-state index contributed by atoms with van der Waals surface area (Å²) in [5.41, 5.74) is 1.07. The van der Waals surface area contributed by atoms with Crippen LogP contribution >= 0.6 is 0 Å². The minimum absolute atomic E-state index is 0.0789. The predicted molar refractivity (Wildman–Crippen MR) is 102 cm³/mol. The number of rotatable bonds is 7. The second kappa shape index (κ2) is 9.66. The summed E-state index contributed by atoms with van der Waals surface area (Å²) in [5, 5.41) is 6.04. The van der Waals surface area contributed by atoms with Crippen LogP contribution in [0.5, 0.6) is 5.75 Å². The van der Waals surface area contributed by atoms with Gasteiger partial charge in [0.15, 0.2) is 0 Å². The van der Waals surface area contributed by atoms with Crippen LogP contribution in [0.1, 0.15) is 46.1 Å². The normalized spacial score (nSPS) is 16.2. The number of piperidine rings is 1. The Kier molecular flexibility index (Phi) is 7.56. The van der Waals surface area contributed by atoms with E-state index in [1.165, 1.54) is 0 Å². The molecule has 5 nitrogen and oxygen atoms in total. The highest BCUT2D eigenvalue weighted by Crippen LogP contribution is 2.14. The monoisotopic (exact) mass is 347 g/mol. The van der Waals surface area contributed by atoms with Gasteiger partial charge in [-0.25, -0.2) is 4.79 Å². The molecule has 0 bridgehead atoms. The average Bonchev–Trinajstić information content (AvgIpc) is 2.55. The molecule has 140 valence electrons. The largest absolute Gasteiger partial charge is 0.491 e. The highest BCUT2D eigenvalue weighted by Gasteiger charge is 2.20. The zero-order chi connectivity index (χ0) is 18.2. The first-order valence-corrected chi connectivity index (χ1v) is 9.44. The Balaban J connectivity index is 1.67. The molecule has 25 heavy (non-hydrogen) atoms. The number of nitrogens with zero attached hydrogens (tertiary/aromatic N) is 1. The van der Waals surface area contributed by atoms with Crippen LogP contribution in [-0.2, 0) is 6.54 Å². The molecular weight excluding hydrogens is 314 g/mol. The van der Waals surface area contributed by atoms with Crippen LogP contribution in [0.25, 0.3) is 0 Å². The fourth-order valence-corrected chi connectivity index (χ4v) is 3.15. The lowest BCUT2D eigenvalue weighted by molar-refractivity contribution is 0.178. The zero-order valence-electron chi connectivity index (χ0n) is 16.0. The summed E-state index contributed by atoms with van der Waals surface area (Å²) >= 11 is 0. The van der Waals surface area contributed by atoms with Gasteiger partial charge in [-0.3, -0.25) is 0 Å². The molecular formula is C20H33N3O2. The molecule has 0 atom stereocenters. The van der Waals surface area contributed by atoms with Crippen molar-refractivity contribution < 1.29 is 9.53 Å². The van der Waals surface area contributed by atoms with Crippen LogP contribution in [-0.4, -0.2) is 42.7 Å². The molecule has 2 amide bonds. The van der Waals surface area contributed by atoms with Gasteiger partial charge in [-0.2, -0.15) is 0 Å². The first-order chi connectivity index (χ1) is 11.9. The fraction of sp³-hybridized carbons (Fsp3) is 0.650. The number of carbonyl (C=O) groups is 1. The van der Waals surface area contributed by atoms with Crippen molar-refractivity contribution >= 4 is 6.03 Å². The molecule has 0 unspecified atom stereocenters. The Labute approximate surface area is 152 Å². The third-order valence-corrected chi connectivity index (χ3v) is 4.29. The Bertz CT molecular complexity index is 520. The van der Waals surface area contributed by atoms with Gasteiger partial charge in [-0.15, -0.1) is 0 Å². The van der Waals surface area contributed by atoms with Gasteiger partial charge in [0, 0.05) is 32.2 Å². The van der Waals surface area contributed by atoms with Crippen LogP contribution in [0.4, 0.5) is 4.79 Å². The third kappa shape index (κ3) is 7.34. The van der Waals surface area contributed by atoms with Gasteiger partial charge >= 0.3 is 6.03 Å². The zero-order valence-corrected chi connectivity index (χ0v) is 16.0. The maximum absolute atomic E-state index is 12.1. The highest BCUT2D eigenvalue weighted by atomic mass is 16.5. The van der Waals surface area contributed by atoms with E-state index in [4.69, 9.17) is 4.74 Å². The fourth-order valence-electron chi connectivity index (χ4n) is 3.15. The number of amides is 2. The molecule has 0 radical (unpaired) electrons. The molecule has 1 fully saturated rings. The van der Waals surface area contributed by atoms with E-state index < -0.39 is 0 Å². The maximum atomic E-state index is 12.1. The van der Waals surface area contributed by atoms with Crippen molar-refractivity contribution in [2.24, 2.45) is 5.92 Å². The highest BCUT2D eigenvalue weighted by molar-refractivity contribution is 5.74. The van der Waals surface area contributed by atoms with Gasteiger partial charge in [-0.1, -0.05) is 26.0 Å². The van der Waals surface area contributed by atoms with Crippen molar-refractivity contribution in [2.45, 2.75) is 59.2 Å². The molecule has 5 heteroatoms. The van der Waals surface area contributed by atoms with E-state index >= 15 is 0 Å². The van der Waals surface area contributed by atoms with E-state index in [1.54, 1.807) is 0 Å². The SMILES string of the molecule is CC(C)CN1CCC(NC(=O)NCc2ccc(OC(C)C)cc2)CC1. The Hall–Kier alpha value is -1.75. The number of urea groups is 1. The van der Waals surface area contributed by atoms with Crippen LogP contribution in [0, 0.1) is 5.92 Å². The van der Waals surface area contributed by atoms with Crippen molar-refractivity contribution in [3.05, 3.63) is 29.8 Å². The van der Waals surface area contributed by atoms with E-state index in [2.05, 4.69) is 29.4 Å². The Morgan fingerprint density at radius 1 is 1.16 bits per heavy atom. The van der Waals surface area contributed by atoms with Crippen molar-refractivity contribution in [1.29, 1.82) is 0 Å². The summed E-state index contributed by atoms with van der Waals surface area (Å²) in [7, 11) is 0. The van der Waals surface area contributed by atoms with Crippen molar-refractivity contribution in [3.8, 4) is 5.75 Å². The summed E-state index contributed by atoms with van der Waals surface area (Å²) in [5.74, 6) is 1.56. The molecule has 2 N–H and O–H groups in total. The van der Waals surface area contributed by atoms with Crippen LogP contribution in [0.2, 0.25) is 0 Å². The van der Waals surface area contributed by atoms with E-state index in [0.29, 0.717) is 12.5 Å². The minimum atomic E-state index is -0.0789. The molecule has 2 rings (SSSR count). The molecule has 1 saturated heterocycles. The van der Waals surface area contributed by atoms with Crippen molar-refractivity contribution in [3.63, 3.8) is 0 Å². The second-order valence-electron chi connectivity index (χ2n) is 7.61. The maximum Gasteiger partial charge on any atom is 0.315 e. The topological polar surface area (TPSA) is 53.6 Å². The molecule has 0 saturated carbocycles. The number of carbonyl (C=O) groups excluding carboxylic acids is 1. The Morgan fingerprint density at radius 3 is 2.36 bits per heavy atom. The number of nitrogens with one attached hydrogen (secondary N) is 2. The van der Waals surface area contributed by atoms with E-state index in [1.807, 2.05) is 38.1 Å².